The van der Waals surface area contributed by atoms with Gasteiger partial charge in [0.15, 0.2) is 0 Å². The fourth-order valence-corrected chi connectivity index (χ4v) is 2.84. The normalized spacial score (nSPS) is 13.5. The van der Waals surface area contributed by atoms with Gasteiger partial charge in [0.05, 0.1) is 42.1 Å². The largest absolute Gasteiger partial charge is 0.416 e. The average molecular weight is 416 g/mol. The first-order chi connectivity index (χ1) is 14.1. The molecule has 0 aliphatic carbocycles. The first-order valence-corrected chi connectivity index (χ1v) is 8.97. The summed E-state index contributed by atoms with van der Waals surface area (Å²) in [5, 5.41) is 26.0. The van der Waals surface area contributed by atoms with E-state index in [4.69, 9.17) is 5.26 Å². The highest BCUT2D eigenvalue weighted by Gasteiger charge is 2.30. The third-order valence-electron chi connectivity index (χ3n) is 4.20. The Hall–Kier alpha value is -3.45. The molecule has 0 saturated carbocycles. The zero-order valence-electron chi connectivity index (χ0n) is 16.3. The lowest BCUT2D eigenvalue weighted by Gasteiger charge is -2.19. The van der Waals surface area contributed by atoms with Gasteiger partial charge in [-0.1, -0.05) is 0 Å². The second kappa shape index (κ2) is 8.12. The number of hydrogen-bond donors (Lipinski definition) is 2. The molecule has 10 heteroatoms. The van der Waals surface area contributed by atoms with E-state index >= 15 is 0 Å². The predicted octanol–water partition coefficient (Wildman–Crippen LogP) is 4.08. The molecule has 0 aromatic carbocycles. The Bertz CT molecular complexity index is 1080. The highest BCUT2D eigenvalue weighted by atomic mass is 19.4. The summed E-state index contributed by atoms with van der Waals surface area (Å²) in [4.78, 5) is 8.36. The molecule has 0 aliphatic heterocycles. The topological polar surface area (TPSA) is 99.7 Å². The van der Waals surface area contributed by atoms with Crippen LogP contribution >= 0.6 is 0 Å². The fraction of sp³-hybridized carbons (Fsp3) is 0.300. The molecule has 3 aromatic heterocycles. The molecule has 2 N–H and O–H groups in total. The van der Waals surface area contributed by atoms with Crippen molar-refractivity contribution < 1.29 is 18.3 Å². The van der Waals surface area contributed by atoms with Crippen LogP contribution in [0.2, 0.25) is 0 Å². The third kappa shape index (κ3) is 5.33. The molecule has 7 nitrogen and oxygen atoms in total. The second-order valence-corrected chi connectivity index (χ2v) is 7.23. The van der Waals surface area contributed by atoms with Crippen LogP contribution in [0.3, 0.4) is 0 Å². The van der Waals surface area contributed by atoms with Gasteiger partial charge in [0.25, 0.3) is 0 Å². The molecule has 156 valence electrons. The molecule has 0 spiro atoms. The van der Waals surface area contributed by atoms with Crippen molar-refractivity contribution in [1.29, 1.82) is 5.26 Å². The molecule has 0 saturated heterocycles. The Morgan fingerprint density at radius 3 is 2.70 bits per heavy atom. The van der Waals surface area contributed by atoms with E-state index in [1.807, 2.05) is 13.0 Å². The average Bonchev–Trinajstić information content (AvgIpc) is 3.08. The number of halogens is 3. The van der Waals surface area contributed by atoms with Gasteiger partial charge >= 0.3 is 6.18 Å². The number of hydrogen-bond acceptors (Lipinski definition) is 6. The quantitative estimate of drug-likeness (QED) is 0.628. The summed E-state index contributed by atoms with van der Waals surface area (Å²) in [6, 6.07) is 7.24. The molecule has 0 amide bonds. The number of aliphatic hydroxyl groups is 1. The van der Waals surface area contributed by atoms with E-state index < -0.39 is 17.3 Å². The number of anilines is 2. The van der Waals surface area contributed by atoms with Crippen LogP contribution in [0, 0.1) is 18.3 Å². The summed E-state index contributed by atoms with van der Waals surface area (Å²) in [6.07, 6.45) is -0.176. The molecule has 0 aliphatic rings. The van der Waals surface area contributed by atoms with Gasteiger partial charge in [0, 0.05) is 18.0 Å². The summed E-state index contributed by atoms with van der Waals surface area (Å²) < 4.78 is 40.2. The highest BCUT2D eigenvalue weighted by molar-refractivity contribution is 5.63. The third-order valence-corrected chi connectivity index (χ3v) is 4.20. The molecule has 0 unspecified atom stereocenters. The number of nitriles is 1. The number of alkyl halides is 3. The maximum atomic E-state index is 12.9. The Morgan fingerprint density at radius 2 is 2.00 bits per heavy atom. The molecule has 0 bridgehead atoms. The van der Waals surface area contributed by atoms with E-state index in [-0.39, 0.29) is 18.8 Å². The van der Waals surface area contributed by atoms with Crippen molar-refractivity contribution in [3.63, 3.8) is 0 Å². The van der Waals surface area contributed by atoms with Crippen molar-refractivity contribution in [3.8, 4) is 17.3 Å². The minimum Gasteiger partial charge on any atom is -0.387 e. The number of nitrogens with zero attached hydrogens (tertiary/aromatic N) is 5. The van der Waals surface area contributed by atoms with Crippen molar-refractivity contribution in [2.24, 2.45) is 0 Å². The lowest BCUT2D eigenvalue weighted by molar-refractivity contribution is -0.137. The first kappa shape index (κ1) is 21.3. The molecule has 30 heavy (non-hydrogen) atoms. The van der Waals surface area contributed by atoms with E-state index in [1.54, 1.807) is 31.5 Å². The van der Waals surface area contributed by atoms with Crippen LogP contribution in [0.1, 0.15) is 24.5 Å². The maximum Gasteiger partial charge on any atom is 0.416 e. The van der Waals surface area contributed by atoms with Crippen LogP contribution in [-0.2, 0) is 12.7 Å². The van der Waals surface area contributed by atoms with Crippen LogP contribution in [0.15, 0.2) is 42.9 Å². The van der Waals surface area contributed by atoms with Gasteiger partial charge in [-0.3, -0.25) is 4.68 Å². The minimum atomic E-state index is -4.47. The zero-order valence-corrected chi connectivity index (χ0v) is 16.3. The Labute approximate surface area is 170 Å². The second-order valence-electron chi connectivity index (χ2n) is 7.23. The SMILES string of the molecule is Cc1cc(Nc2cc(C(F)(F)F)ccn2)nc(-c2cnn(C[C@@](C)(O)CC#N)c2)c1. The van der Waals surface area contributed by atoms with E-state index in [0.717, 1.165) is 23.9 Å². The van der Waals surface area contributed by atoms with Crippen molar-refractivity contribution in [2.75, 3.05) is 5.32 Å². The number of aromatic nitrogens is 4. The fourth-order valence-electron chi connectivity index (χ4n) is 2.84. The Kier molecular flexibility index (Phi) is 5.75. The van der Waals surface area contributed by atoms with Crippen LogP contribution < -0.4 is 5.32 Å². The Morgan fingerprint density at radius 1 is 1.23 bits per heavy atom. The van der Waals surface area contributed by atoms with Crippen molar-refractivity contribution >= 4 is 11.6 Å². The van der Waals surface area contributed by atoms with Crippen LogP contribution in [-0.4, -0.2) is 30.5 Å². The number of aryl methyl sites for hydroxylation is 1. The number of pyridine rings is 2. The van der Waals surface area contributed by atoms with Crippen molar-refractivity contribution in [3.05, 3.63) is 54.0 Å². The number of rotatable bonds is 6. The van der Waals surface area contributed by atoms with E-state index in [0.29, 0.717) is 17.1 Å². The summed E-state index contributed by atoms with van der Waals surface area (Å²) in [5.74, 6) is 0.359. The predicted molar refractivity (Wildman–Crippen MR) is 104 cm³/mol. The lowest BCUT2D eigenvalue weighted by atomic mass is 10.0. The first-order valence-electron chi connectivity index (χ1n) is 8.97. The van der Waals surface area contributed by atoms with Crippen molar-refractivity contribution in [2.45, 2.75) is 38.6 Å². The standard InChI is InChI=1S/C20H19F3N6O/c1-13-7-16(14-10-26-29(11-14)12-19(2,30)4-5-24)27-18(8-13)28-17-9-15(3-6-25-17)20(21,22)23/h3,6-11,30H,4,12H2,1-2H3,(H,25,27,28)/t19-/m0/s1. The zero-order chi connectivity index (χ0) is 21.9. The van der Waals surface area contributed by atoms with Crippen LogP contribution in [0.4, 0.5) is 24.8 Å². The minimum absolute atomic E-state index is 0.0251. The molecule has 3 heterocycles. The van der Waals surface area contributed by atoms with Gasteiger partial charge < -0.3 is 10.4 Å². The van der Waals surface area contributed by atoms with Crippen molar-refractivity contribution in [1.82, 2.24) is 19.7 Å². The smallest absolute Gasteiger partial charge is 0.387 e. The van der Waals surface area contributed by atoms with E-state index in [2.05, 4.69) is 20.4 Å². The van der Waals surface area contributed by atoms with Gasteiger partial charge in [-0.25, -0.2) is 9.97 Å². The van der Waals surface area contributed by atoms with Gasteiger partial charge in [-0.15, -0.1) is 0 Å². The van der Waals surface area contributed by atoms with E-state index in [1.165, 1.54) is 4.68 Å². The molecule has 0 radical (unpaired) electrons. The highest BCUT2D eigenvalue weighted by Crippen LogP contribution is 2.31. The molecule has 1 atom stereocenters. The van der Waals surface area contributed by atoms with Gasteiger partial charge in [0.1, 0.15) is 11.6 Å². The lowest BCUT2D eigenvalue weighted by Crippen LogP contribution is -2.30. The summed E-state index contributed by atoms with van der Waals surface area (Å²) in [7, 11) is 0. The van der Waals surface area contributed by atoms with E-state index in [9.17, 15) is 18.3 Å². The molecule has 3 aromatic rings. The Balaban J connectivity index is 1.84. The van der Waals surface area contributed by atoms with Crippen LogP contribution in [0.5, 0.6) is 0 Å². The maximum absolute atomic E-state index is 12.9. The van der Waals surface area contributed by atoms with Gasteiger partial charge in [0.2, 0.25) is 0 Å². The van der Waals surface area contributed by atoms with Gasteiger partial charge in [-0.2, -0.15) is 23.5 Å². The monoisotopic (exact) mass is 416 g/mol. The number of nitrogens with one attached hydrogen (secondary N) is 1. The summed E-state index contributed by atoms with van der Waals surface area (Å²) in [5.41, 5.74) is 0.0133. The molecule has 0 fully saturated rings. The van der Waals surface area contributed by atoms with Crippen LogP contribution in [0.25, 0.3) is 11.3 Å². The molecular weight excluding hydrogens is 397 g/mol. The molecular formula is C20H19F3N6O. The molecule has 3 rings (SSSR count). The summed E-state index contributed by atoms with van der Waals surface area (Å²) >= 11 is 0. The van der Waals surface area contributed by atoms with Gasteiger partial charge in [-0.05, 0) is 43.7 Å². The summed E-state index contributed by atoms with van der Waals surface area (Å²) in [6.45, 7) is 3.51.